The van der Waals surface area contributed by atoms with Gasteiger partial charge in [0.1, 0.15) is 0 Å². The summed E-state index contributed by atoms with van der Waals surface area (Å²) in [7, 11) is 0. The second-order valence-electron chi connectivity index (χ2n) is 4.42. The predicted molar refractivity (Wildman–Crippen MR) is 66.8 cm³/mol. The minimum atomic E-state index is -0.756. The zero-order valence-electron chi connectivity index (χ0n) is 11.0. The Morgan fingerprint density at radius 3 is 2.41 bits per heavy atom. The molecule has 3 N–H and O–H groups in total. The highest BCUT2D eigenvalue weighted by Crippen LogP contribution is 2.09. The Balaban J connectivity index is 3.62. The lowest BCUT2D eigenvalue weighted by Gasteiger charge is -2.14. The van der Waals surface area contributed by atoms with Crippen molar-refractivity contribution in [2.24, 2.45) is 5.92 Å². The molecule has 1 amide bonds. The Labute approximate surface area is 103 Å². The molecule has 0 aromatic rings. The van der Waals surface area contributed by atoms with Crippen LogP contribution in [0.5, 0.6) is 0 Å². The molecule has 0 heterocycles. The number of nitrogens with one attached hydrogen (secondary N) is 2. The summed E-state index contributed by atoms with van der Waals surface area (Å²) >= 11 is 0. The summed E-state index contributed by atoms with van der Waals surface area (Å²) in [4.78, 5) is 21.9. The van der Waals surface area contributed by atoms with Gasteiger partial charge in [-0.2, -0.15) is 0 Å². The Morgan fingerprint density at radius 2 is 1.88 bits per heavy atom. The van der Waals surface area contributed by atoms with Crippen molar-refractivity contribution in [3.05, 3.63) is 0 Å². The molecular formula is C12H24N2O3. The molecule has 100 valence electrons. The zero-order chi connectivity index (χ0) is 13.3. The molecule has 17 heavy (non-hydrogen) atoms. The van der Waals surface area contributed by atoms with Gasteiger partial charge in [0.05, 0.1) is 12.5 Å². The third-order valence-corrected chi connectivity index (χ3v) is 2.64. The quantitative estimate of drug-likeness (QED) is 0.565. The second kappa shape index (κ2) is 8.98. The largest absolute Gasteiger partial charge is 0.481 e. The van der Waals surface area contributed by atoms with Crippen molar-refractivity contribution in [1.29, 1.82) is 0 Å². The molecule has 0 aliphatic carbocycles. The van der Waals surface area contributed by atoms with Crippen LogP contribution < -0.4 is 10.6 Å². The second-order valence-corrected chi connectivity index (χ2v) is 4.42. The number of carbonyl (C=O) groups excluding carboxylic acids is 1. The van der Waals surface area contributed by atoms with Gasteiger partial charge in [-0.05, 0) is 26.3 Å². The van der Waals surface area contributed by atoms with E-state index in [4.69, 9.17) is 5.11 Å². The van der Waals surface area contributed by atoms with Crippen molar-refractivity contribution >= 4 is 11.9 Å². The van der Waals surface area contributed by atoms with E-state index in [1.54, 1.807) is 6.92 Å². The molecule has 2 unspecified atom stereocenters. The van der Waals surface area contributed by atoms with Crippen molar-refractivity contribution in [3.63, 3.8) is 0 Å². The number of hydrogen-bond donors (Lipinski definition) is 3. The first-order valence-electron chi connectivity index (χ1n) is 6.20. The average molecular weight is 244 g/mol. The molecule has 0 radical (unpaired) electrons. The van der Waals surface area contributed by atoms with Crippen LogP contribution in [0.25, 0.3) is 0 Å². The first-order valence-corrected chi connectivity index (χ1v) is 6.20. The molecule has 0 aliphatic heterocycles. The third-order valence-electron chi connectivity index (χ3n) is 2.64. The summed E-state index contributed by atoms with van der Waals surface area (Å²) < 4.78 is 0. The van der Waals surface area contributed by atoms with Crippen molar-refractivity contribution < 1.29 is 14.7 Å². The van der Waals surface area contributed by atoms with Crippen molar-refractivity contribution in [2.75, 3.05) is 13.1 Å². The van der Waals surface area contributed by atoms with Crippen LogP contribution in [0.4, 0.5) is 0 Å². The Bertz CT molecular complexity index is 244. The van der Waals surface area contributed by atoms with E-state index in [1.165, 1.54) is 0 Å². The van der Waals surface area contributed by atoms with E-state index in [0.717, 1.165) is 19.4 Å². The molecule has 5 heteroatoms. The molecule has 0 aromatic heterocycles. The van der Waals surface area contributed by atoms with Gasteiger partial charge in [0.15, 0.2) is 0 Å². The highest BCUT2D eigenvalue weighted by atomic mass is 16.4. The van der Waals surface area contributed by atoms with Gasteiger partial charge in [0.25, 0.3) is 0 Å². The first-order chi connectivity index (χ1) is 7.97. The average Bonchev–Trinajstić information content (AvgIpc) is 2.25. The van der Waals surface area contributed by atoms with Crippen molar-refractivity contribution in [1.82, 2.24) is 10.6 Å². The van der Waals surface area contributed by atoms with Gasteiger partial charge in [0.2, 0.25) is 5.91 Å². The minimum absolute atomic E-state index is 0.00867. The molecule has 0 bridgehead atoms. The van der Waals surface area contributed by atoms with Crippen LogP contribution in [0.1, 0.15) is 40.0 Å². The number of rotatable bonds is 9. The summed E-state index contributed by atoms with van der Waals surface area (Å²) in [6, 6.07) is 0.0992. The fraction of sp³-hybridized carbons (Fsp3) is 0.833. The van der Waals surface area contributed by atoms with E-state index in [-0.39, 0.29) is 17.9 Å². The molecule has 0 spiro atoms. The Kier molecular flexibility index (Phi) is 8.40. The standard InChI is InChI=1S/C12H24N2O3/c1-4-13-8-11(15)14-10(3)7-5-6-9(2)12(16)17/h9-10,13H,4-8H2,1-3H3,(H,14,15)(H,16,17). The van der Waals surface area contributed by atoms with Crippen molar-refractivity contribution in [3.8, 4) is 0 Å². The fourth-order valence-electron chi connectivity index (χ4n) is 1.49. The number of likely N-dealkylation sites (N-methyl/N-ethyl adjacent to an activating group) is 1. The van der Waals surface area contributed by atoms with E-state index in [2.05, 4.69) is 10.6 Å². The maximum atomic E-state index is 11.3. The minimum Gasteiger partial charge on any atom is -0.481 e. The normalized spacial score (nSPS) is 14.1. The van der Waals surface area contributed by atoms with E-state index in [9.17, 15) is 9.59 Å². The molecule has 0 fully saturated rings. The first kappa shape index (κ1) is 15.9. The molecule has 0 aromatic carbocycles. The number of hydrogen-bond acceptors (Lipinski definition) is 3. The molecular weight excluding hydrogens is 220 g/mol. The predicted octanol–water partition coefficient (Wildman–Crippen LogP) is 0.992. The van der Waals surface area contributed by atoms with Crippen LogP contribution in [0, 0.1) is 5.92 Å². The Hall–Kier alpha value is -1.10. The number of carboxylic acid groups (broad SMARTS) is 1. The lowest BCUT2D eigenvalue weighted by atomic mass is 10.0. The zero-order valence-corrected chi connectivity index (χ0v) is 11.0. The molecule has 5 nitrogen and oxygen atoms in total. The van der Waals surface area contributed by atoms with Gasteiger partial charge in [-0.1, -0.05) is 20.3 Å². The van der Waals surface area contributed by atoms with Crippen molar-refractivity contribution in [2.45, 2.75) is 46.1 Å². The van der Waals surface area contributed by atoms with E-state index < -0.39 is 5.97 Å². The smallest absolute Gasteiger partial charge is 0.306 e. The van der Waals surface area contributed by atoms with Crippen LogP contribution >= 0.6 is 0 Å². The maximum Gasteiger partial charge on any atom is 0.306 e. The highest BCUT2D eigenvalue weighted by molar-refractivity contribution is 5.78. The maximum absolute atomic E-state index is 11.3. The molecule has 0 saturated heterocycles. The van der Waals surface area contributed by atoms with E-state index >= 15 is 0 Å². The van der Waals surface area contributed by atoms with E-state index in [1.807, 2.05) is 13.8 Å². The monoisotopic (exact) mass is 244 g/mol. The molecule has 0 aliphatic rings. The summed E-state index contributed by atoms with van der Waals surface area (Å²) in [5, 5.41) is 14.5. The summed E-state index contributed by atoms with van der Waals surface area (Å²) in [5.41, 5.74) is 0. The molecule has 0 rings (SSSR count). The third kappa shape index (κ3) is 8.68. The van der Waals surface area contributed by atoms with Gasteiger partial charge in [-0.15, -0.1) is 0 Å². The van der Waals surface area contributed by atoms with E-state index in [0.29, 0.717) is 13.0 Å². The van der Waals surface area contributed by atoms with Crippen LogP contribution in [-0.2, 0) is 9.59 Å². The van der Waals surface area contributed by atoms with Gasteiger partial charge in [-0.25, -0.2) is 0 Å². The molecule has 2 atom stereocenters. The SMILES string of the molecule is CCNCC(=O)NC(C)CCCC(C)C(=O)O. The summed E-state index contributed by atoms with van der Waals surface area (Å²) in [6.45, 7) is 6.71. The highest BCUT2D eigenvalue weighted by Gasteiger charge is 2.12. The summed E-state index contributed by atoms with van der Waals surface area (Å²) in [6.07, 6.45) is 2.29. The lowest BCUT2D eigenvalue weighted by Crippen LogP contribution is -2.39. The fourth-order valence-corrected chi connectivity index (χ4v) is 1.49. The Morgan fingerprint density at radius 1 is 1.24 bits per heavy atom. The number of carboxylic acids is 1. The van der Waals surface area contributed by atoms with Gasteiger partial charge >= 0.3 is 5.97 Å². The van der Waals surface area contributed by atoms with Crippen LogP contribution in [-0.4, -0.2) is 36.1 Å². The number of carbonyl (C=O) groups is 2. The van der Waals surface area contributed by atoms with Gasteiger partial charge < -0.3 is 15.7 Å². The van der Waals surface area contributed by atoms with Crippen LogP contribution in [0.2, 0.25) is 0 Å². The van der Waals surface area contributed by atoms with Gasteiger partial charge in [-0.3, -0.25) is 9.59 Å². The van der Waals surface area contributed by atoms with Crippen LogP contribution in [0.15, 0.2) is 0 Å². The summed E-state index contributed by atoms with van der Waals surface area (Å²) in [5.74, 6) is -1.07. The number of aliphatic carboxylic acids is 1. The van der Waals surface area contributed by atoms with Crippen LogP contribution in [0.3, 0.4) is 0 Å². The topological polar surface area (TPSA) is 78.4 Å². The number of amides is 1. The lowest BCUT2D eigenvalue weighted by molar-refractivity contribution is -0.141. The van der Waals surface area contributed by atoms with Gasteiger partial charge in [0, 0.05) is 6.04 Å². The molecule has 0 saturated carbocycles.